The molecule has 0 atom stereocenters. The fraction of sp³-hybridized carbons (Fsp3) is 0.455. The van der Waals surface area contributed by atoms with Gasteiger partial charge >= 0.3 is 0 Å². The van der Waals surface area contributed by atoms with Crippen molar-refractivity contribution in [1.82, 2.24) is 9.55 Å². The molecule has 0 saturated carbocycles. The fourth-order valence-electron chi connectivity index (χ4n) is 3.00. The number of rotatable bonds is 7. The van der Waals surface area contributed by atoms with E-state index in [1.807, 2.05) is 16.0 Å². The molecule has 0 unspecified atom stereocenters. The second-order valence-corrected chi connectivity index (χ2v) is 9.79. The standard InChI is InChI=1S/C22H28N2OS2/c1-5-6-7-13-24-20(25)19-18(12-14-26-19)23-21(24)27-15-16-8-10-17(11-9-16)22(2,3)4/h8-12,14H,5-7,13,15H2,1-4H3. The number of nitrogens with zero attached hydrogens (tertiary/aromatic N) is 2. The van der Waals surface area contributed by atoms with Gasteiger partial charge in [-0.15, -0.1) is 11.3 Å². The van der Waals surface area contributed by atoms with E-state index >= 15 is 0 Å². The molecule has 0 aliphatic rings. The Morgan fingerprint density at radius 1 is 1.11 bits per heavy atom. The molecule has 0 aliphatic carbocycles. The number of aromatic nitrogens is 2. The van der Waals surface area contributed by atoms with Crippen molar-refractivity contribution in [3.05, 3.63) is 57.2 Å². The lowest BCUT2D eigenvalue weighted by Gasteiger charge is -2.19. The maximum atomic E-state index is 12.9. The van der Waals surface area contributed by atoms with Crippen LogP contribution in [0.15, 0.2) is 45.7 Å². The second kappa shape index (κ2) is 8.61. The van der Waals surface area contributed by atoms with E-state index in [0.29, 0.717) is 0 Å². The van der Waals surface area contributed by atoms with Gasteiger partial charge in [-0.25, -0.2) is 4.98 Å². The third-order valence-corrected chi connectivity index (χ3v) is 6.64. The number of thioether (sulfide) groups is 1. The number of unbranched alkanes of at least 4 members (excludes halogenated alkanes) is 2. The third kappa shape index (κ3) is 4.82. The molecule has 1 aromatic carbocycles. The summed E-state index contributed by atoms with van der Waals surface area (Å²) in [6, 6.07) is 10.7. The number of fused-ring (bicyclic) bond motifs is 1. The Hall–Kier alpha value is -1.59. The summed E-state index contributed by atoms with van der Waals surface area (Å²) >= 11 is 3.15. The van der Waals surface area contributed by atoms with Crippen LogP contribution in [0, 0.1) is 0 Å². The Bertz CT molecular complexity index is 949. The van der Waals surface area contributed by atoms with E-state index in [-0.39, 0.29) is 11.0 Å². The number of hydrogen-bond donors (Lipinski definition) is 0. The largest absolute Gasteiger partial charge is 0.286 e. The van der Waals surface area contributed by atoms with Crippen LogP contribution in [0.1, 0.15) is 58.1 Å². The summed E-state index contributed by atoms with van der Waals surface area (Å²) in [7, 11) is 0. The van der Waals surface area contributed by atoms with Crippen LogP contribution < -0.4 is 5.56 Å². The van der Waals surface area contributed by atoms with Crippen LogP contribution in [0.3, 0.4) is 0 Å². The first-order valence-corrected chi connectivity index (χ1v) is 11.5. The van der Waals surface area contributed by atoms with Crippen LogP contribution in [0.2, 0.25) is 0 Å². The molecule has 2 heterocycles. The van der Waals surface area contributed by atoms with Crippen molar-refractivity contribution in [2.45, 2.75) is 69.8 Å². The van der Waals surface area contributed by atoms with Crippen molar-refractivity contribution in [2.24, 2.45) is 0 Å². The first-order chi connectivity index (χ1) is 12.9. The Kier molecular flexibility index (Phi) is 6.43. The Morgan fingerprint density at radius 3 is 2.52 bits per heavy atom. The van der Waals surface area contributed by atoms with Gasteiger partial charge in [-0.3, -0.25) is 9.36 Å². The summed E-state index contributed by atoms with van der Waals surface area (Å²) in [6.07, 6.45) is 3.29. The monoisotopic (exact) mass is 400 g/mol. The van der Waals surface area contributed by atoms with Gasteiger partial charge in [0.15, 0.2) is 5.16 Å². The van der Waals surface area contributed by atoms with Crippen LogP contribution in [0.25, 0.3) is 10.2 Å². The molecule has 0 aliphatic heterocycles. The van der Waals surface area contributed by atoms with Gasteiger partial charge in [0.2, 0.25) is 0 Å². The highest BCUT2D eigenvalue weighted by atomic mass is 32.2. The zero-order valence-electron chi connectivity index (χ0n) is 16.6. The minimum Gasteiger partial charge on any atom is -0.286 e. The number of thiophene rings is 1. The maximum Gasteiger partial charge on any atom is 0.272 e. The highest BCUT2D eigenvalue weighted by Gasteiger charge is 2.14. The van der Waals surface area contributed by atoms with Crippen LogP contribution in [0.4, 0.5) is 0 Å². The van der Waals surface area contributed by atoms with Crippen LogP contribution in [-0.2, 0) is 17.7 Å². The summed E-state index contributed by atoms with van der Waals surface area (Å²) in [5, 5.41) is 2.79. The van der Waals surface area contributed by atoms with E-state index < -0.39 is 0 Å². The fourth-order valence-corrected chi connectivity index (χ4v) is 4.76. The van der Waals surface area contributed by atoms with E-state index in [1.165, 1.54) is 22.5 Å². The molecule has 2 aromatic heterocycles. The molecule has 0 spiro atoms. The molecule has 0 bridgehead atoms. The Morgan fingerprint density at radius 2 is 1.85 bits per heavy atom. The Balaban J connectivity index is 1.82. The van der Waals surface area contributed by atoms with Crippen molar-refractivity contribution < 1.29 is 0 Å². The van der Waals surface area contributed by atoms with Crippen LogP contribution in [-0.4, -0.2) is 9.55 Å². The van der Waals surface area contributed by atoms with E-state index in [2.05, 4.69) is 52.0 Å². The average molecular weight is 401 g/mol. The van der Waals surface area contributed by atoms with E-state index in [4.69, 9.17) is 4.98 Å². The van der Waals surface area contributed by atoms with Gasteiger partial charge in [0.05, 0.1) is 5.52 Å². The zero-order chi connectivity index (χ0) is 19.4. The van der Waals surface area contributed by atoms with Crippen LogP contribution in [0.5, 0.6) is 0 Å². The molecule has 5 heteroatoms. The summed E-state index contributed by atoms with van der Waals surface area (Å²) < 4.78 is 2.65. The van der Waals surface area contributed by atoms with Gasteiger partial charge in [-0.2, -0.15) is 0 Å². The summed E-state index contributed by atoms with van der Waals surface area (Å²) in [5.74, 6) is 0.820. The van der Waals surface area contributed by atoms with Gasteiger partial charge in [-0.1, -0.05) is 76.6 Å². The second-order valence-electron chi connectivity index (χ2n) is 7.93. The van der Waals surface area contributed by atoms with Gasteiger partial charge < -0.3 is 0 Å². The molecule has 3 nitrogen and oxygen atoms in total. The minimum atomic E-state index is 0.108. The maximum absolute atomic E-state index is 12.9. The third-order valence-electron chi connectivity index (χ3n) is 4.70. The minimum absolute atomic E-state index is 0.108. The molecule has 0 fully saturated rings. The molecular formula is C22H28N2OS2. The molecule has 3 rings (SSSR count). The Labute approximate surface area is 169 Å². The first-order valence-electron chi connectivity index (χ1n) is 9.60. The lowest BCUT2D eigenvalue weighted by atomic mass is 9.87. The van der Waals surface area contributed by atoms with Crippen molar-refractivity contribution >= 4 is 33.3 Å². The molecule has 144 valence electrons. The van der Waals surface area contributed by atoms with Gasteiger partial charge in [0, 0.05) is 12.3 Å². The highest BCUT2D eigenvalue weighted by molar-refractivity contribution is 7.98. The SMILES string of the molecule is CCCCCn1c(SCc2ccc(C(C)(C)C)cc2)nc2ccsc2c1=O. The van der Waals surface area contributed by atoms with Crippen molar-refractivity contribution in [3.8, 4) is 0 Å². The normalized spacial score (nSPS) is 12.0. The van der Waals surface area contributed by atoms with Crippen molar-refractivity contribution in [3.63, 3.8) is 0 Å². The highest BCUT2D eigenvalue weighted by Crippen LogP contribution is 2.26. The quantitative estimate of drug-likeness (QED) is 0.267. The van der Waals surface area contributed by atoms with Crippen molar-refractivity contribution in [2.75, 3.05) is 0 Å². The molecule has 27 heavy (non-hydrogen) atoms. The lowest BCUT2D eigenvalue weighted by Crippen LogP contribution is -2.22. The van der Waals surface area contributed by atoms with E-state index in [0.717, 1.165) is 46.9 Å². The van der Waals surface area contributed by atoms with Gasteiger partial charge in [0.1, 0.15) is 4.70 Å². The predicted molar refractivity (Wildman–Crippen MR) is 118 cm³/mol. The topological polar surface area (TPSA) is 34.9 Å². The summed E-state index contributed by atoms with van der Waals surface area (Å²) in [6.45, 7) is 9.61. The van der Waals surface area contributed by atoms with Crippen LogP contribution >= 0.6 is 23.1 Å². The molecule has 3 aromatic rings. The molecular weight excluding hydrogens is 372 g/mol. The average Bonchev–Trinajstić information content (AvgIpc) is 3.10. The zero-order valence-corrected chi connectivity index (χ0v) is 18.3. The number of benzene rings is 1. The summed E-state index contributed by atoms with van der Waals surface area (Å²) in [5.41, 5.74) is 3.69. The molecule has 0 radical (unpaired) electrons. The molecule has 0 amide bonds. The van der Waals surface area contributed by atoms with E-state index in [1.54, 1.807) is 11.8 Å². The molecule has 0 saturated heterocycles. The molecule has 0 N–H and O–H groups in total. The van der Waals surface area contributed by atoms with Crippen molar-refractivity contribution in [1.29, 1.82) is 0 Å². The van der Waals surface area contributed by atoms with Gasteiger partial charge in [-0.05, 0) is 34.4 Å². The first kappa shape index (κ1) is 20.2. The summed E-state index contributed by atoms with van der Waals surface area (Å²) in [4.78, 5) is 17.7. The lowest BCUT2D eigenvalue weighted by molar-refractivity contribution is 0.542. The smallest absolute Gasteiger partial charge is 0.272 e. The predicted octanol–water partition coefficient (Wildman–Crippen LogP) is 6.24. The number of hydrogen-bond acceptors (Lipinski definition) is 4. The van der Waals surface area contributed by atoms with Gasteiger partial charge in [0.25, 0.3) is 5.56 Å². The van der Waals surface area contributed by atoms with E-state index in [9.17, 15) is 4.79 Å².